The minimum atomic E-state index is 0.302. The molecule has 1 rings (SSSR count). The third kappa shape index (κ3) is 4.74. The van der Waals surface area contributed by atoms with Gasteiger partial charge in [0.15, 0.2) is 0 Å². The van der Waals surface area contributed by atoms with Gasteiger partial charge >= 0.3 is 0 Å². The van der Waals surface area contributed by atoms with Crippen molar-refractivity contribution in [2.45, 2.75) is 32.2 Å². The molecule has 0 aliphatic rings. The summed E-state index contributed by atoms with van der Waals surface area (Å²) in [7, 11) is 0. The highest BCUT2D eigenvalue weighted by Gasteiger charge is 2.00. The summed E-state index contributed by atoms with van der Waals surface area (Å²) in [5.74, 6) is 0. The van der Waals surface area contributed by atoms with Crippen molar-refractivity contribution in [2.24, 2.45) is 0 Å². The van der Waals surface area contributed by atoms with E-state index in [2.05, 4.69) is 29.1 Å². The number of rotatable bonds is 7. The zero-order chi connectivity index (χ0) is 10.2. The summed E-state index contributed by atoms with van der Waals surface area (Å²) in [6.45, 7) is 3.50. The van der Waals surface area contributed by atoms with E-state index in [1.165, 1.54) is 5.56 Å². The number of hydrogen-bond acceptors (Lipinski definition) is 3. The molecule has 1 aromatic rings. The Hall–Kier alpha value is -0.380. The second kappa shape index (κ2) is 6.98. The molecule has 3 heteroatoms. The van der Waals surface area contributed by atoms with E-state index in [0.717, 1.165) is 25.8 Å². The summed E-state index contributed by atoms with van der Waals surface area (Å²) >= 11 is 1.75. The van der Waals surface area contributed by atoms with Crippen LogP contribution in [0.2, 0.25) is 0 Å². The molecule has 80 valence electrons. The lowest BCUT2D eigenvalue weighted by molar-refractivity contribution is 0.276. The van der Waals surface area contributed by atoms with Crippen molar-refractivity contribution in [2.75, 3.05) is 13.2 Å². The molecule has 14 heavy (non-hydrogen) atoms. The van der Waals surface area contributed by atoms with Gasteiger partial charge in [-0.05, 0) is 55.1 Å². The zero-order valence-corrected chi connectivity index (χ0v) is 9.52. The molecule has 0 saturated carbocycles. The van der Waals surface area contributed by atoms with E-state index in [0.29, 0.717) is 12.6 Å². The van der Waals surface area contributed by atoms with Gasteiger partial charge in [-0.25, -0.2) is 0 Å². The van der Waals surface area contributed by atoms with Crippen LogP contribution in [0.1, 0.15) is 25.3 Å². The van der Waals surface area contributed by atoms with Gasteiger partial charge in [-0.2, -0.15) is 11.3 Å². The molecular formula is C11H19NOS. The van der Waals surface area contributed by atoms with E-state index >= 15 is 0 Å². The maximum Gasteiger partial charge on any atom is 0.0431 e. The first-order valence-electron chi connectivity index (χ1n) is 5.18. The lowest BCUT2D eigenvalue weighted by atomic mass is 10.2. The first-order chi connectivity index (χ1) is 6.83. The molecule has 0 aromatic carbocycles. The molecule has 0 amide bonds. The van der Waals surface area contributed by atoms with Crippen LogP contribution in [-0.4, -0.2) is 24.3 Å². The van der Waals surface area contributed by atoms with Gasteiger partial charge in [-0.3, -0.25) is 0 Å². The molecule has 0 aliphatic carbocycles. The molecule has 2 nitrogen and oxygen atoms in total. The van der Waals surface area contributed by atoms with Gasteiger partial charge in [0, 0.05) is 12.6 Å². The first-order valence-corrected chi connectivity index (χ1v) is 6.12. The minimum Gasteiger partial charge on any atom is -0.396 e. The van der Waals surface area contributed by atoms with Crippen molar-refractivity contribution in [1.82, 2.24) is 5.32 Å². The Balaban J connectivity index is 2.03. The maximum atomic E-state index is 8.66. The highest BCUT2D eigenvalue weighted by molar-refractivity contribution is 7.07. The van der Waals surface area contributed by atoms with E-state index in [1.54, 1.807) is 11.3 Å². The molecule has 0 aliphatic heterocycles. The lowest BCUT2D eigenvalue weighted by Crippen LogP contribution is -2.28. The molecule has 0 fully saturated rings. The average Bonchev–Trinajstić information content (AvgIpc) is 2.67. The van der Waals surface area contributed by atoms with Crippen molar-refractivity contribution in [1.29, 1.82) is 0 Å². The van der Waals surface area contributed by atoms with Crippen molar-refractivity contribution in [3.63, 3.8) is 0 Å². The number of aliphatic hydroxyl groups excluding tert-OH is 1. The Bertz CT molecular complexity index is 223. The Morgan fingerprint density at radius 2 is 2.43 bits per heavy atom. The summed E-state index contributed by atoms with van der Waals surface area (Å²) in [6, 6.07) is 2.69. The fourth-order valence-corrected chi connectivity index (χ4v) is 2.10. The normalized spacial score (nSPS) is 13.0. The summed E-state index contributed by atoms with van der Waals surface area (Å²) in [4.78, 5) is 0. The van der Waals surface area contributed by atoms with Gasteiger partial charge in [0.05, 0.1) is 0 Å². The van der Waals surface area contributed by atoms with Crippen molar-refractivity contribution >= 4 is 11.3 Å². The fraction of sp³-hybridized carbons (Fsp3) is 0.636. The van der Waals surface area contributed by atoms with E-state index in [-0.39, 0.29) is 0 Å². The van der Waals surface area contributed by atoms with Crippen molar-refractivity contribution < 1.29 is 5.11 Å². The summed E-state index contributed by atoms with van der Waals surface area (Å²) < 4.78 is 0. The van der Waals surface area contributed by atoms with E-state index in [9.17, 15) is 0 Å². The van der Waals surface area contributed by atoms with Gasteiger partial charge in [-0.15, -0.1) is 0 Å². The third-order valence-electron chi connectivity index (χ3n) is 2.28. The number of nitrogens with one attached hydrogen (secondary N) is 1. The van der Waals surface area contributed by atoms with Crippen LogP contribution in [0.3, 0.4) is 0 Å². The minimum absolute atomic E-state index is 0.302. The molecule has 1 unspecified atom stereocenters. The molecule has 1 aromatic heterocycles. The van der Waals surface area contributed by atoms with E-state index in [4.69, 9.17) is 5.11 Å². The van der Waals surface area contributed by atoms with Crippen LogP contribution in [0.15, 0.2) is 16.8 Å². The van der Waals surface area contributed by atoms with Crippen LogP contribution in [0.25, 0.3) is 0 Å². The maximum absolute atomic E-state index is 8.66. The Morgan fingerprint density at radius 1 is 1.57 bits per heavy atom. The lowest BCUT2D eigenvalue weighted by Gasteiger charge is -2.12. The number of hydrogen-bond donors (Lipinski definition) is 2. The second-order valence-electron chi connectivity index (χ2n) is 3.60. The Kier molecular flexibility index (Phi) is 5.83. The first kappa shape index (κ1) is 11.7. The van der Waals surface area contributed by atoms with Crippen LogP contribution in [-0.2, 0) is 6.42 Å². The molecular weight excluding hydrogens is 194 g/mol. The van der Waals surface area contributed by atoms with Gasteiger partial charge < -0.3 is 10.4 Å². The van der Waals surface area contributed by atoms with Crippen LogP contribution in [0.4, 0.5) is 0 Å². The summed E-state index contributed by atoms with van der Waals surface area (Å²) in [6.07, 6.45) is 3.06. The van der Waals surface area contributed by atoms with Gasteiger partial charge in [0.2, 0.25) is 0 Å². The highest BCUT2D eigenvalue weighted by Crippen LogP contribution is 2.06. The monoisotopic (exact) mass is 213 g/mol. The molecule has 0 radical (unpaired) electrons. The third-order valence-corrected chi connectivity index (χ3v) is 3.01. The standard InChI is InChI=1S/C11H19NOS/c1-10(3-2-7-13)12-6-4-11-5-8-14-9-11/h5,8-10,12-13H,2-4,6-7H2,1H3. The van der Waals surface area contributed by atoms with Gasteiger partial charge in [0.1, 0.15) is 0 Å². The SMILES string of the molecule is CC(CCCO)NCCc1ccsc1. The van der Waals surface area contributed by atoms with Crippen molar-refractivity contribution in [3.05, 3.63) is 22.4 Å². The topological polar surface area (TPSA) is 32.3 Å². The zero-order valence-electron chi connectivity index (χ0n) is 8.70. The highest BCUT2D eigenvalue weighted by atomic mass is 32.1. The Labute approximate surface area is 90.0 Å². The molecule has 0 saturated heterocycles. The molecule has 1 heterocycles. The Morgan fingerprint density at radius 3 is 3.07 bits per heavy atom. The predicted octanol–water partition coefficient (Wildman–Crippen LogP) is 2.04. The quantitative estimate of drug-likeness (QED) is 0.726. The van der Waals surface area contributed by atoms with Crippen LogP contribution in [0.5, 0.6) is 0 Å². The van der Waals surface area contributed by atoms with E-state index < -0.39 is 0 Å². The second-order valence-corrected chi connectivity index (χ2v) is 4.38. The van der Waals surface area contributed by atoms with Gasteiger partial charge in [-0.1, -0.05) is 0 Å². The van der Waals surface area contributed by atoms with E-state index in [1.807, 2.05) is 0 Å². The average molecular weight is 213 g/mol. The molecule has 1 atom stereocenters. The number of thiophene rings is 1. The van der Waals surface area contributed by atoms with Crippen LogP contribution < -0.4 is 5.32 Å². The molecule has 2 N–H and O–H groups in total. The van der Waals surface area contributed by atoms with Crippen molar-refractivity contribution in [3.8, 4) is 0 Å². The van der Waals surface area contributed by atoms with Crippen LogP contribution >= 0.6 is 11.3 Å². The molecule has 0 bridgehead atoms. The van der Waals surface area contributed by atoms with Gasteiger partial charge in [0.25, 0.3) is 0 Å². The fourth-order valence-electron chi connectivity index (χ4n) is 1.40. The number of aliphatic hydroxyl groups is 1. The summed E-state index contributed by atoms with van der Waals surface area (Å²) in [5, 5.41) is 16.4. The van der Waals surface area contributed by atoms with Crippen LogP contribution in [0, 0.1) is 0 Å². The summed E-state index contributed by atoms with van der Waals surface area (Å²) in [5.41, 5.74) is 1.41. The predicted molar refractivity (Wildman–Crippen MR) is 61.8 cm³/mol. The largest absolute Gasteiger partial charge is 0.396 e. The smallest absolute Gasteiger partial charge is 0.0431 e. The molecule has 0 spiro atoms.